The van der Waals surface area contributed by atoms with Crippen molar-refractivity contribution in [3.63, 3.8) is 0 Å². The number of nitrogens with one attached hydrogen (secondary N) is 2. The van der Waals surface area contributed by atoms with E-state index in [0.29, 0.717) is 0 Å². The Balaban J connectivity index is 2.19. The fourth-order valence-electron chi connectivity index (χ4n) is 1.94. The zero-order valence-corrected chi connectivity index (χ0v) is 14.3. The van der Waals surface area contributed by atoms with Crippen LogP contribution in [0.4, 0.5) is 15.9 Å². The summed E-state index contributed by atoms with van der Waals surface area (Å²) in [6, 6.07) is 6.95. The van der Waals surface area contributed by atoms with Crippen LogP contribution in [0.2, 0.25) is 0 Å². The Labute approximate surface area is 136 Å². The highest BCUT2D eigenvalue weighted by atomic mass is 32.2. The number of hydrogen-bond acceptors (Lipinski definition) is 4. The van der Waals surface area contributed by atoms with Crippen molar-refractivity contribution in [2.75, 3.05) is 10.0 Å². The van der Waals surface area contributed by atoms with E-state index in [1.54, 1.807) is 18.3 Å². The third kappa shape index (κ3) is 4.66. The summed E-state index contributed by atoms with van der Waals surface area (Å²) in [7, 11) is -3.80. The molecule has 0 radical (unpaired) electrons. The van der Waals surface area contributed by atoms with Gasteiger partial charge < -0.3 is 5.32 Å². The van der Waals surface area contributed by atoms with Crippen molar-refractivity contribution in [2.24, 2.45) is 0 Å². The van der Waals surface area contributed by atoms with Crippen LogP contribution in [0.5, 0.6) is 0 Å². The molecule has 0 aliphatic rings. The predicted octanol–water partition coefficient (Wildman–Crippen LogP) is 3.54. The van der Waals surface area contributed by atoms with E-state index < -0.39 is 15.8 Å². The van der Waals surface area contributed by atoms with Crippen molar-refractivity contribution in [1.82, 2.24) is 4.98 Å². The molecule has 5 nitrogen and oxygen atoms in total. The van der Waals surface area contributed by atoms with Crippen molar-refractivity contribution in [3.05, 3.63) is 47.9 Å². The maximum Gasteiger partial charge on any atom is 0.263 e. The normalized spacial score (nSPS) is 12.0. The van der Waals surface area contributed by atoms with Gasteiger partial charge in [-0.2, -0.15) is 0 Å². The molecule has 0 aliphatic carbocycles. The molecule has 0 bridgehead atoms. The van der Waals surface area contributed by atoms with Crippen LogP contribution < -0.4 is 10.0 Å². The lowest BCUT2D eigenvalue weighted by Gasteiger charge is -2.21. The highest BCUT2D eigenvalue weighted by molar-refractivity contribution is 7.92. The van der Waals surface area contributed by atoms with Crippen molar-refractivity contribution in [3.8, 4) is 0 Å². The molecular formula is C16H20FN3O2S. The molecule has 124 valence electrons. The van der Waals surface area contributed by atoms with Gasteiger partial charge in [0.1, 0.15) is 11.6 Å². The Morgan fingerprint density at radius 2 is 1.83 bits per heavy atom. The zero-order chi connectivity index (χ0) is 17.3. The molecule has 1 aromatic carbocycles. The van der Waals surface area contributed by atoms with Gasteiger partial charge in [0.2, 0.25) is 0 Å². The van der Waals surface area contributed by atoms with E-state index in [0.717, 1.165) is 11.8 Å². The van der Waals surface area contributed by atoms with Gasteiger partial charge >= 0.3 is 0 Å². The molecule has 0 unspecified atom stereocenters. The van der Waals surface area contributed by atoms with E-state index in [-0.39, 0.29) is 21.8 Å². The molecule has 0 saturated heterocycles. The number of hydrogen-bond donors (Lipinski definition) is 2. The summed E-state index contributed by atoms with van der Waals surface area (Å²) >= 11 is 0. The van der Waals surface area contributed by atoms with Crippen LogP contribution in [0.1, 0.15) is 26.3 Å². The largest absolute Gasteiger partial charge is 0.379 e. The number of pyridine rings is 1. The van der Waals surface area contributed by atoms with Gasteiger partial charge in [-0.3, -0.25) is 4.72 Å². The van der Waals surface area contributed by atoms with Crippen LogP contribution in [-0.4, -0.2) is 18.9 Å². The average Bonchev–Trinajstić information content (AvgIpc) is 2.42. The molecule has 2 N–H and O–H groups in total. The Bertz CT molecular complexity index is 797. The minimum absolute atomic E-state index is 0.00454. The zero-order valence-electron chi connectivity index (χ0n) is 13.5. The van der Waals surface area contributed by atoms with E-state index in [2.05, 4.69) is 15.0 Å². The molecule has 7 heteroatoms. The van der Waals surface area contributed by atoms with Gasteiger partial charge in [-0.1, -0.05) is 0 Å². The Morgan fingerprint density at radius 3 is 2.35 bits per heavy atom. The summed E-state index contributed by atoms with van der Waals surface area (Å²) < 4.78 is 40.2. The van der Waals surface area contributed by atoms with Gasteiger partial charge in [-0.05, 0) is 63.6 Å². The molecular weight excluding hydrogens is 317 g/mol. The maximum absolute atomic E-state index is 13.3. The van der Waals surface area contributed by atoms with Gasteiger partial charge in [0.25, 0.3) is 10.0 Å². The Morgan fingerprint density at radius 1 is 1.13 bits per heavy atom. The standard InChI is InChI=1S/C16H20FN3O2S/c1-11-9-13(6-7-14(11)17)23(21,22)20-15-8-5-12(10-18-15)19-16(2,3)4/h5-10,19H,1-4H3,(H,18,20). The number of anilines is 2. The molecule has 1 heterocycles. The monoisotopic (exact) mass is 337 g/mol. The lowest BCUT2D eigenvalue weighted by Crippen LogP contribution is -2.26. The molecule has 0 spiro atoms. The molecule has 2 aromatic rings. The van der Waals surface area contributed by atoms with E-state index in [1.807, 2.05) is 20.8 Å². The van der Waals surface area contributed by atoms with Crippen molar-refractivity contribution >= 4 is 21.5 Å². The number of halogens is 1. The number of nitrogens with zero attached hydrogens (tertiary/aromatic N) is 1. The first kappa shape index (κ1) is 17.2. The lowest BCUT2D eigenvalue weighted by molar-refractivity contribution is 0.598. The molecule has 0 aliphatic heterocycles. The van der Waals surface area contributed by atoms with Crippen molar-refractivity contribution < 1.29 is 12.8 Å². The second-order valence-electron chi connectivity index (χ2n) is 6.32. The van der Waals surface area contributed by atoms with E-state index in [1.165, 1.54) is 19.1 Å². The number of aromatic nitrogens is 1. The minimum atomic E-state index is -3.80. The fraction of sp³-hybridized carbons (Fsp3) is 0.312. The van der Waals surface area contributed by atoms with Crippen molar-refractivity contribution in [1.29, 1.82) is 0 Å². The number of rotatable bonds is 4. The van der Waals surface area contributed by atoms with E-state index in [4.69, 9.17) is 0 Å². The predicted molar refractivity (Wildman–Crippen MR) is 89.6 cm³/mol. The summed E-state index contributed by atoms with van der Waals surface area (Å²) in [4.78, 5) is 4.08. The summed E-state index contributed by atoms with van der Waals surface area (Å²) in [5, 5.41) is 3.24. The molecule has 23 heavy (non-hydrogen) atoms. The first-order valence-corrected chi connectivity index (χ1v) is 8.58. The maximum atomic E-state index is 13.3. The lowest BCUT2D eigenvalue weighted by atomic mass is 10.1. The van der Waals surface area contributed by atoms with E-state index in [9.17, 15) is 12.8 Å². The molecule has 0 saturated carbocycles. The van der Waals surface area contributed by atoms with Gasteiger partial charge in [-0.15, -0.1) is 0 Å². The quantitative estimate of drug-likeness (QED) is 0.895. The van der Waals surface area contributed by atoms with E-state index >= 15 is 0 Å². The smallest absolute Gasteiger partial charge is 0.263 e. The van der Waals surface area contributed by atoms with Gasteiger partial charge in [0.15, 0.2) is 0 Å². The highest BCUT2D eigenvalue weighted by Gasteiger charge is 2.16. The van der Waals surface area contributed by atoms with Crippen molar-refractivity contribution in [2.45, 2.75) is 38.1 Å². The third-order valence-electron chi connectivity index (χ3n) is 2.96. The Kier molecular flexibility index (Phi) is 4.61. The Hall–Kier alpha value is -2.15. The van der Waals surface area contributed by atoms with Crippen LogP contribution in [0.15, 0.2) is 41.4 Å². The molecule has 0 fully saturated rings. The molecule has 1 aromatic heterocycles. The minimum Gasteiger partial charge on any atom is -0.379 e. The van der Waals surface area contributed by atoms with Gasteiger partial charge in [0.05, 0.1) is 16.8 Å². The topological polar surface area (TPSA) is 71.1 Å². The second kappa shape index (κ2) is 6.16. The third-order valence-corrected chi connectivity index (χ3v) is 4.31. The first-order chi connectivity index (χ1) is 10.6. The summed E-state index contributed by atoms with van der Waals surface area (Å²) in [6.45, 7) is 7.56. The van der Waals surface area contributed by atoms with Gasteiger partial charge in [0, 0.05) is 5.54 Å². The SMILES string of the molecule is Cc1cc(S(=O)(=O)Nc2ccc(NC(C)(C)C)cn2)ccc1F. The number of sulfonamides is 1. The highest BCUT2D eigenvalue weighted by Crippen LogP contribution is 2.19. The number of aryl methyl sites for hydroxylation is 1. The fourth-order valence-corrected chi connectivity index (χ4v) is 3.04. The molecule has 0 atom stereocenters. The van der Waals surface area contributed by atoms with Crippen LogP contribution in [-0.2, 0) is 10.0 Å². The average molecular weight is 337 g/mol. The second-order valence-corrected chi connectivity index (χ2v) is 8.01. The molecule has 0 amide bonds. The van der Waals surface area contributed by atoms with Gasteiger partial charge in [-0.25, -0.2) is 17.8 Å². The van der Waals surface area contributed by atoms with Crippen LogP contribution in [0, 0.1) is 12.7 Å². The molecule has 2 rings (SSSR count). The number of benzene rings is 1. The van der Waals surface area contributed by atoms with Crippen LogP contribution in [0.25, 0.3) is 0 Å². The summed E-state index contributed by atoms with van der Waals surface area (Å²) in [5.74, 6) is -0.244. The first-order valence-electron chi connectivity index (χ1n) is 7.10. The summed E-state index contributed by atoms with van der Waals surface area (Å²) in [6.07, 6.45) is 1.55. The van der Waals surface area contributed by atoms with Crippen LogP contribution >= 0.6 is 0 Å². The van der Waals surface area contributed by atoms with Crippen LogP contribution in [0.3, 0.4) is 0 Å². The summed E-state index contributed by atoms with van der Waals surface area (Å²) in [5.41, 5.74) is 0.942.